The van der Waals surface area contributed by atoms with Crippen LogP contribution in [0.1, 0.15) is 12.5 Å². The Labute approximate surface area is 93.0 Å². The number of hydrogen-bond donors (Lipinski definition) is 3. The molecule has 0 aliphatic carbocycles. The van der Waals surface area contributed by atoms with Crippen LogP contribution in [0.5, 0.6) is 0 Å². The van der Waals surface area contributed by atoms with E-state index < -0.39 is 6.10 Å². The van der Waals surface area contributed by atoms with Crippen LogP contribution in [0.15, 0.2) is 11.4 Å². The molecule has 6 heteroatoms. The zero-order valence-electron chi connectivity index (χ0n) is 8.77. The van der Waals surface area contributed by atoms with Crippen molar-refractivity contribution in [3.8, 4) is 0 Å². The lowest BCUT2D eigenvalue weighted by Crippen LogP contribution is -2.17. The Bertz CT molecular complexity index is 320. The molecule has 0 bridgehead atoms. The van der Waals surface area contributed by atoms with Crippen LogP contribution in [-0.4, -0.2) is 39.1 Å². The average molecular weight is 229 g/mol. The molecule has 1 aromatic heterocycles. The largest absolute Gasteiger partial charge is 0.392 e. The molecular weight excluding hydrogens is 214 g/mol. The van der Waals surface area contributed by atoms with Crippen molar-refractivity contribution in [1.82, 2.24) is 9.97 Å². The van der Waals surface area contributed by atoms with Crippen molar-refractivity contribution in [3.63, 3.8) is 0 Å². The smallest absolute Gasteiger partial charge is 0.189 e. The van der Waals surface area contributed by atoms with Gasteiger partial charge in [0.25, 0.3) is 0 Å². The van der Waals surface area contributed by atoms with Gasteiger partial charge >= 0.3 is 0 Å². The molecule has 0 saturated heterocycles. The van der Waals surface area contributed by atoms with Crippen LogP contribution in [0.25, 0.3) is 0 Å². The monoisotopic (exact) mass is 229 g/mol. The highest BCUT2D eigenvalue weighted by molar-refractivity contribution is 7.98. The average Bonchev–Trinajstić information content (AvgIpc) is 2.25. The first-order valence-corrected chi connectivity index (χ1v) is 5.82. The van der Waals surface area contributed by atoms with E-state index in [2.05, 4.69) is 15.3 Å². The van der Waals surface area contributed by atoms with Crippen LogP contribution in [0.2, 0.25) is 0 Å². The summed E-state index contributed by atoms with van der Waals surface area (Å²) in [5, 5.41) is 21.8. The number of aliphatic hydroxyl groups is 2. The molecule has 1 heterocycles. The third-order valence-electron chi connectivity index (χ3n) is 1.76. The molecule has 84 valence electrons. The SMILES string of the molecule is CSc1ncc(CO)c(NC[C@H](C)O)n1. The molecular formula is C9H15N3O2S. The van der Waals surface area contributed by atoms with Crippen molar-refractivity contribution in [1.29, 1.82) is 0 Å². The maximum absolute atomic E-state index is 9.13. The lowest BCUT2D eigenvalue weighted by atomic mass is 10.3. The molecule has 0 aliphatic rings. The highest BCUT2D eigenvalue weighted by atomic mass is 32.2. The first-order chi connectivity index (χ1) is 7.17. The summed E-state index contributed by atoms with van der Waals surface area (Å²) >= 11 is 1.43. The second-order valence-electron chi connectivity index (χ2n) is 3.12. The molecule has 0 aromatic carbocycles. The second kappa shape index (κ2) is 5.89. The predicted molar refractivity (Wildman–Crippen MR) is 59.9 cm³/mol. The topological polar surface area (TPSA) is 78.3 Å². The summed E-state index contributed by atoms with van der Waals surface area (Å²) < 4.78 is 0. The Hall–Kier alpha value is -0.850. The predicted octanol–water partition coefficient (Wildman–Crippen LogP) is 0.483. The number of anilines is 1. The minimum absolute atomic E-state index is 0.114. The Balaban J connectivity index is 2.81. The minimum Gasteiger partial charge on any atom is -0.392 e. The first kappa shape index (κ1) is 12.2. The van der Waals surface area contributed by atoms with Gasteiger partial charge in [0.05, 0.1) is 12.7 Å². The molecule has 5 nitrogen and oxygen atoms in total. The van der Waals surface area contributed by atoms with Gasteiger partial charge in [-0.2, -0.15) is 0 Å². The Morgan fingerprint density at radius 1 is 1.60 bits per heavy atom. The summed E-state index contributed by atoms with van der Waals surface area (Å²) in [4.78, 5) is 8.25. The quantitative estimate of drug-likeness (QED) is 0.503. The maximum atomic E-state index is 9.13. The Morgan fingerprint density at radius 2 is 2.33 bits per heavy atom. The summed E-state index contributed by atoms with van der Waals surface area (Å²) in [6, 6.07) is 0. The van der Waals surface area contributed by atoms with Gasteiger partial charge in [-0.3, -0.25) is 0 Å². The van der Waals surface area contributed by atoms with Gasteiger partial charge in [-0.15, -0.1) is 0 Å². The Morgan fingerprint density at radius 3 is 2.87 bits per heavy atom. The normalized spacial score (nSPS) is 12.5. The van der Waals surface area contributed by atoms with E-state index in [-0.39, 0.29) is 6.61 Å². The van der Waals surface area contributed by atoms with Crippen molar-refractivity contribution in [2.24, 2.45) is 0 Å². The third-order valence-corrected chi connectivity index (χ3v) is 2.32. The number of nitrogens with zero attached hydrogens (tertiary/aromatic N) is 2. The molecule has 3 N–H and O–H groups in total. The van der Waals surface area contributed by atoms with E-state index in [4.69, 9.17) is 10.2 Å². The van der Waals surface area contributed by atoms with E-state index >= 15 is 0 Å². The molecule has 1 aromatic rings. The fraction of sp³-hybridized carbons (Fsp3) is 0.556. The summed E-state index contributed by atoms with van der Waals surface area (Å²) in [5.74, 6) is 0.581. The molecule has 0 radical (unpaired) electrons. The Kier molecular flexibility index (Phi) is 4.80. The second-order valence-corrected chi connectivity index (χ2v) is 3.89. The third kappa shape index (κ3) is 3.65. The van der Waals surface area contributed by atoms with Crippen LogP contribution >= 0.6 is 11.8 Å². The van der Waals surface area contributed by atoms with Gasteiger partial charge in [-0.25, -0.2) is 9.97 Å². The highest BCUT2D eigenvalue weighted by Gasteiger charge is 2.06. The van der Waals surface area contributed by atoms with Crippen molar-refractivity contribution in [2.45, 2.75) is 24.8 Å². The number of nitrogens with one attached hydrogen (secondary N) is 1. The number of hydrogen-bond acceptors (Lipinski definition) is 6. The summed E-state index contributed by atoms with van der Waals surface area (Å²) in [6.07, 6.45) is 3.01. The van der Waals surface area contributed by atoms with Gasteiger partial charge in [-0.05, 0) is 13.2 Å². The van der Waals surface area contributed by atoms with E-state index in [1.54, 1.807) is 13.1 Å². The maximum Gasteiger partial charge on any atom is 0.189 e. The van der Waals surface area contributed by atoms with E-state index in [9.17, 15) is 0 Å². The zero-order valence-corrected chi connectivity index (χ0v) is 9.58. The molecule has 1 atom stereocenters. The molecule has 0 spiro atoms. The van der Waals surface area contributed by atoms with Gasteiger partial charge in [0.15, 0.2) is 5.16 Å². The molecule has 0 aliphatic heterocycles. The number of thioether (sulfide) groups is 1. The van der Waals surface area contributed by atoms with E-state index in [0.29, 0.717) is 23.1 Å². The van der Waals surface area contributed by atoms with Gasteiger partial charge < -0.3 is 15.5 Å². The van der Waals surface area contributed by atoms with Crippen molar-refractivity contribution in [3.05, 3.63) is 11.8 Å². The zero-order chi connectivity index (χ0) is 11.3. The molecule has 0 fully saturated rings. The molecule has 15 heavy (non-hydrogen) atoms. The molecule has 0 saturated carbocycles. The van der Waals surface area contributed by atoms with Crippen LogP contribution in [-0.2, 0) is 6.61 Å². The van der Waals surface area contributed by atoms with Gasteiger partial charge in [-0.1, -0.05) is 11.8 Å². The van der Waals surface area contributed by atoms with Crippen molar-refractivity contribution < 1.29 is 10.2 Å². The van der Waals surface area contributed by atoms with Gasteiger partial charge in [0.2, 0.25) is 0 Å². The lowest BCUT2D eigenvalue weighted by molar-refractivity contribution is 0.208. The summed E-state index contributed by atoms with van der Waals surface area (Å²) in [5.41, 5.74) is 0.633. The standard InChI is InChI=1S/C9H15N3O2S/c1-6(14)3-10-8-7(5-13)4-11-9(12-8)15-2/h4,6,13-14H,3,5H2,1-2H3,(H,10,11,12)/t6-/m0/s1. The van der Waals surface area contributed by atoms with Crippen LogP contribution in [0.3, 0.4) is 0 Å². The molecule has 1 rings (SSSR count). The number of aliphatic hydroxyl groups excluding tert-OH is 2. The van der Waals surface area contributed by atoms with Crippen LogP contribution < -0.4 is 5.32 Å². The molecule has 0 amide bonds. The van der Waals surface area contributed by atoms with E-state index in [1.807, 2.05) is 6.26 Å². The molecule has 0 unspecified atom stereocenters. The van der Waals surface area contributed by atoms with Crippen LogP contribution in [0.4, 0.5) is 5.82 Å². The van der Waals surface area contributed by atoms with E-state index in [0.717, 1.165) is 0 Å². The van der Waals surface area contributed by atoms with Crippen molar-refractivity contribution >= 4 is 17.6 Å². The first-order valence-electron chi connectivity index (χ1n) is 4.60. The fourth-order valence-electron chi connectivity index (χ4n) is 1.00. The number of aromatic nitrogens is 2. The lowest BCUT2D eigenvalue weighted by Gasteiger charge is -2.11. The summed E-state index contributed by atoms with van der Waals surface area (Å²) in [7, 11) is 0. The summed E-state index contributed by atoms with van der Waals surface area (Å²) in [6.45, 7) is 1.97. The highest BCUT2D eigenvalue weighted by Crippen LogP contribution is 2.16. The fourth-order valence-corrected chi connectivity index (χ4v) is 1.34. The number of rotatable bonds is 5. The van der Waals surface area contributed by atoms with Crippen LogP contribution in [0, 0.1) is 0 Å². The van der Waals surface area contributed by atoms with E-state index in [1.165, 1.54) is 11.8 Å². The van der Waals surface area contributed by atoms with Crippen molar-refractivity contribution in [2.75, 3.05) is 18.1 Å². The van der Waals surface area contributed by atoms with Gasteiger partial charge in [0, 0.05) is 18.3 Å². The van der Waals surface area contributed by atoms with Gasteiger partial charge in [0.1, 0.15) is 5.82 Å². The minimum atomic E-state index is -0.454.